The fourth-order valence-electron chi connectivity index (χ4n) is 32.2. The quantitative estimate of drug-likeness (QED) is 0.148. The van der Waals surface area contributed by atoms with Gasteiger partial charge in [-0.3, -0.25) is 0 Å². The predicted octanol–water partition coefficient (Wildman–Crippen LogP) is 15.6. The Hall–Kier alpha value is -5.37. The van der Waals surface area contributed by atoms with Crippen LogP contribution in [0.1, 0.15) is 249 Å². The standard InChI is InChI=1S/C69H30S/c1-6(2)7-3-4-8-9(5-7)70-69-66-60-54-44-32-24-16-12-10-11-14-18(16)26(32)36-30-22(14)23-15(11)19-17-13(10)21-20(12)28-34(24)42-48-38(28)39-29(21)35-25(17)33-27(19)37-31(23)41-40(30)52(46(36)54)62(66)63-53(41)47(37)55-45(33)51-43(35)49(39)57-56(48)64(58(60)50(42)44)68(8,69)65(57)59(51)61(55)67(63)69/h3-6,12,14,16,18,20,22,28,30,38-41,49,53,57,59,61,63,65,67H,1-2H3. The molecule has 1 heterocycles. The molecule has 0 aromatic heterocycles. The molecule has 0 bridgehead atoms. The van der Waals surface area contributed by atoms with Crippen molar-refractivity contribution in [1.82, 2.24) is 0 Å². The van der Waals surface area contributed by atoms with E-state index in [1.54, 1.807) is 10.5 Å². The van der Waals surface area contributed by atoms with Crippen LogP contribution in [0.15, 0.2) is 23.1 Å². The van der Waals surface area contributed by atoms with E-state index in [0.717, 1.165) is 0 Å². The molecule has 1 heteroatoms. The molecular formula is C69H30S. The number of hydrogen-bond donors (Lipinski definition) is 0. The first kappa shape index (κ1) is 28.0. The van der Waals surface area contributed by atoms with Crippen LogP contribution in [0.2, 0.25) is 0 Å². The zero-order chi connectivity index (χ0) is 41.6. The van der Waals surface area contributed by atoms with Crippen LogP contribution < -0.4 is 0 Å². The van der Waals surface area contributed by atoms with Gasteiger partial charge in [0.05, 0.1) is 4.75 Å². The Kier molecular flexibility index (Phi) is 2.58. The molecule has 0 amide bonds. The van der Waals surface area contributed by atoms with Gasteiger partial charge in [0.1, 0.15) is 0 Å². The first-order valence-electron chi connectivity index (χ1n) is 28.8. The maximum Gasteiger partial charge on any atom is 0.0645 e. The third-order valence-corrected chi connectivity index (χ3v) is 32.6. The largest absolute Gasteiger partial charge is 0.112 e. The van der Waals surface area contributed by atoms with Crippen LogP contribution in [0, 0.1) is 11.8 Å². The molecule has 22 aliphatic carbocycles. The molecular weight excluding hydrogens is 861 g/mol. The molecule has 70 heavy (non-hydrogen) atoms. The molecule has 1 aliphatic heterocycles. The molecule has 22 atom stereocenters. The van der Waals surface area contributed by atoms with Gasteiger partial charge >= 0.3 is 0 Å². The monoisotopic (exact) mass is 890 g/mol. The second-order valence-corrected chi connectivity index (χ2v) is 31.3. The van der Waals surface area contributed by atoms with Crippen LogP contribution in [-0.2, 0) is 10.2 Å². The Morgan fingerprint density at radius 3 is 1.09 bits per heavy atom. The van der Waals surface area contributed by atoms with Crippen molar-refractivity contribution in [2.75, 3.05) is 0 Å². The summed E-state index contributed by atoms with van der Waals surface area (Å²) in [5.41, 5.74) is 48.1. The summed E-state index contributed by atoms with van der Waals surface area (Å²) in [5.74, 6) is 14.0. The number of thioether (sulfide) groups is 1. The van der Waals surface area contributed by atoms with E-state index in [1.807, 2.05) is 203 Å². The Morgan fingerprint density at radius 2 is 0.643 bits per heavy atom. The number of rotatable bonds is 1. The summed E-state index contributed by atoms with van der Waals surface area (Å²) in [6.45, 7) is 4.97. The predicted molar refractivity (Wildman–Crippen MR) is 271 cm³/mol. The number of fused-ring (bicyclic) bond motifs is 1. The summed E-state index contributed by atoms with van der Waals surface area (Å²) in [6.07, 6.45) is 0. The van der Waals surface area contributed by atoms with Crippen molar-refractivity contribution in [2.45, 2.75) is 141 Å². The molecule has 0 nitrogen and oxygen atoms in total. The lowest BCUT2D eigenvalue weighted by molar-refractivity contribution is 0.0341. The number of hydrogen-bond acceptors (Lipinski definition) is 1. The van der Waals surface area contributed by atoms with Crippen LogP contribution in [0.3, 0.4) is 0 Å². The third-order valence-electron chi connectivity index (χ3n) is 30.9. The zero-order valence-corrected chi connectivity index (χ0v) is 38.6. The van der Waals surface area contributed by atoms with Crippen LogP contribution in [-0.4, -0.2) is 0 Å². The van der Waals surface area contributed by atoms with Gasteiger partial charge in [-0.2, -0.15) is 0 Å². The molecule has 22 unspecified atom stereocenters. The van der Waals surface area contributed by atoms with E-state index >= 15 is 0 Å². The van der Waals surface area contributed by atoms with Crippen molar-refractivity contribution in [1.29, 1.82) is 0 Å². The van der Waals surface area contributed by atoms with E-state index in [-0.39, 0.29) is 10.2 Å². The van der Waals surface area contributed by atoms with Gasteiger partial charge in [-0.05, 0) is 350 Å². The van der Waals surface area contributed by atoms with Crippen molar-refractivity contribution < 1.29 is 0 Å². The topological polar surface area (TPSA) is 0 Å². The third kappa shape index (κ3) is 1.52. The van der Waals surface area contributed by atoms with Gasteiger partial charge in [-0.15, -0.1) is 11.8 Å². The van der Waals surface area contributed by atoms with Crippen molar-refractivity contribution in [3.8, 4) is 11.1 Å². The van der Waals surface area contributed by atoms with Gasteiger partial charge in [0, 0.05) is 10.3 Å². The molecule has 0 saturated heterocycles. The molecule has 0 N–H and O–H groups in total. The van der Waals surface area contributed by atoms with Crippen molar-refractivity contribution >= 4 is 97.9 Å². The smallest absolute Gasteiger partial charge is 0.0645 e. The van der Waals surface area contributed by atoms with Crippen LogP contribution in [0.5, 0.6) is 0 Å². The second kappa shape index (κ2) is 6.46. The molecule has 34 rings (SSSR count). The lowest BCUT2D eigenvalue weighted by Gasteiger charge is -2.65. The molecule has 23 aliphatic rings. The highest BCUT2D eigenvalue weighted by atomic mass is 32.2. The van der Waals surface area contributed by atoms with Gasteiger partial charge in [-0.1, -0.05) is 26.0 Å². The summed E-state index contributed by atoms with van der Waals surface area (Å²) < 4.78 is 0.0679. The molecule has 0 radical (unpaired) electrons. The Morgan fingerprint density at radius 1 is 0.329 bits per heavy atom. The van der Waals surface area contributed by atoms with E-state index in [4.69, 9.17) is 0 Å². The fraction of sp³-hybridized carbons (Fsp3) is 0.362. The van der Waals surface area contributed by atoms with Gasteiger partial charge in [-0.25, -0.2) is 0 Å². The van der Waals surface area contributed by atoms with Crippen LogP contribution >= 0.6 is 11.8 Å². The van der Waals surface area contributed by atoms with E-state index in [1.165, 1.54) is 0 Å². The van der Waals surface area contributed by atoms with Gasteiger partial charge in [0.2, 0.25) is 0 Å². The van der Waals surface area contributed by atoms with E-state index in [9.17, 15) is 0 Å². The highest BCUT2D eigenvalue weighted by Crippen LogP contribution is 3.01. The van der Waals surface area contributed by atoms with E-state index in [0.29, 0.717) is 124 Å². The molecule has 11 aromatic rings. The van der Waals surface area contributed by atoms with E-state index in [2.05, 4.69) is 54.9 Å². The Labute approximate surface area is 400 Å². The average Bonchev–Trinajstić information content (AvgIpc) is 4.28. The molecule has 1 saturated carbocycles. The minimum Gasteiger partial charge on any atom is -0.112 e. The van der Waals surface area contributed by atoms with Crippen molar-refractivity contribution in [3.05, 3.63) is 141 Å². The summed E-state index contributed by atoms with van der Waals surface area (Å²) in [6, 6.07) is 8.43. The highest BCUT2D eigenvalue weighted by Gasteiger charge is 2.89. The number of benzene rings is 10. The summed E-state index contributed by atoms with van der Waals surface area (Å²) in [7, 11) is 0. The van der Waals surface area contributed by atoms with E-state index < -0.39 is 0 Å². The van der Waals surface area contributed by atoms with Crippen molar-refractivity contribution in [3.63, 3.8) is 0 Å². The summed E-state index contributed by atoms with van der Waals surface area (Å²) in [4.78, 5) is 1.74. The molecule has 2 spiro atoms. The minimum atomic E-state index is 0.0378. The summed E-state index contributed by atoms with van der Waals surface area (Å²) in [5, 5.41) is 30.8. The summed E-state index contributed by atoms with van der Waals surface area (Å²) >= 11 is 2.59. The maximum atomic E-state index is 2.88. The Bertz CT molecular complexity index is 5480. The maximum absolute atomic E-state index is 2.88. The molecule has 312 valence electrons. The molecule has 1 fully saturated rings. The second-order valence-electron chi connectivity index (χ2n) is 30.0. The normalized spacial score (nSPS) is 48.0. The van der Waals surface area contributed by atoms with Gasteiger partial charge in [0.25, 0.3) is 0 Å². The van der Waals surface area contributed by atoms with Crippen LogP contribution in [0.25, 0.3) is 97.3 Å². The fourth-order valence-corrected chi connectivity index (χ4v) is 34.3. The average molecular weight is 891 g/mol. The molecule has 11 aromatic carbocycles. The Balaban J connectivity index is 1.02. The first-order valence-corrected chi connectivity index (χ1v) is 29.6. The minimum absolute atomic E-state index is 0.0378. The lowest BCUT2D eigenvalue weighted by atomic mass is 9.39. The first-order chi connectivity index (χ1) is 34.7. The highest BCUT2D eigenvalue weighted by molar-refractivity contribution is 8.00. The van der Waals surface area contributed by atoms with Crippen molar-refractivity contribution in [2.24, 2.45) is 11.8 Å². The SMILES string of the molecule is CC(C)c1ccc2c(c1)SC13c4c5c6c7c8c9c%10c%11c%12c%13c%14c%15c(c%16c%13c%10c7c4-%16)C21C1C%15C2c4c7c%10c%13c%15c%16c%17c%18c%19c%20c%21c%22c%23c(c4c4c%22c%19c%16c%104)C2C%14C%12C%23C%21C%11C9C%20C%18C8C6C%17C%15C5C3C%13C71. The van der Waals surface area contributed by atoms with Gasteiger partial charge < -0.3 is 0 Å². The lowest BCUT2D eigenvalue weighted by Crippen LogP contribution is -2.62. The zero-order valence-electron chi connectivity index (χ0n) is 37.8. The van der Waals surface area contributed by atoms with Crippen LogP contribution in [0.4, 0.5) is 0 Å². The van der Waals surface area contributed by atoms with Gasteiger partial charge in [0.15, 0.2) is 0 Å².